The van der Waals surface area contributed by atoms with Gasteiger partial charge in [0.15, 0.2) is 6.10 Å². The van der Waals surface area contributed by atoms with Crippen molar-refractivity contribution in [3.8, 4) is 0 Å². The van der Waals surface area contributed by atoms with E-state index in [2.05, 4.69) is 16.9 Å². The Bertz CT molecular complexity index is 542. The van der Waals surface area contributed by atoms with Crippen LogP contribution in [0, 0.1) is 0 Å². The Morgan fingerprint density at radius 1 is 1.39 bits per heavy atom. The van der Waals surface area contributed by atoms with Gasteiger partial charge in [-0.15, -0.1) is 0 Å². The molecule has 2 aromatic rings. The van der Waals surface area contributed by atoms with Gasteiger partial charge in [-0.25, -0.2) is 4.98 Å². The zero-order chi connectivity index (χ0) is 13.1. The van der Waals surface area contributed by atoms with E-state index < -0.39 is 6.10 Å². The highest BCUT2D eigenvalue weighted by atomic mass is 35.5. The molecule has 2 rings (SSSR count). The lowest BCUT2D eigenvalue weighted by Gasteiger charge is -2.13. The Balaban J connectivity index is 2.35. The molecule has 96 valence electrons. The van der Waals surface area contributed by atoms with Gasteiger partial charge in [0, 0.05) is 25.1 Å². The molecule has 2 heterocycles. The maximum absolute atomic E-state index is 10.3. The van der Waals surface area contributed by atoms with Crippen molar-refractivity contribution in [1.82, 2.24) is 14.5 Å². The molecule has 0 bridgehead atoms. The minimum Gasteiger partial charge on any atom is -0.379 e. The smallest absolute Gasteiger partial charge is 0.155 e. The van der Waals surface area contributed by atoms with Crippen molar-refractivity contribution in [2.45, 2.75) is 26.0 Å². The first kappa shape index (κ1) is 13.3. The van der Waals surface area contributed by atoms with Crippen LogP contribution in [0.4, 0.5) is 0 Å². The minimum atomic E-state index is -0.948. The molecule has 0 amide bonds. The average Bonchev–Trinajstić information content (AvgIpc) is 2.77. The van der Waals surface area contributed by atoms with Crippen molar-refractivity contribution >= 4 is 23.2 Å². The van der Waals surface area contributed by atoms with Gasteiger partial charge in [0.1, 0.15) is 5.82 Å². The molecule has 0 aliphatic carbocycles. The van der Waals surface area contributed by atoms with Crippen LogP contribution in [0.1, 0.15) is 31.0 Å². The number of halogens is 2. The van der Waals surface area contributed by atoms with E-state index in [0.717, 1.165) is 13.0 Å². The van der Waals surface area contributed by atoms with E-state index in [4.69, 9.17) is 23.2 Å². The van der Waals surface area contributed by atoms with Gasteiger partial charge in [-0.05, 0) is 12.5 Å². The lowest BCUT2D eigenvalue weighted by Crippen LogP contribution is -2.11. The minimum absolute atomic E-state index is 0.334. The molecule has 0 fully saturated rings. The standard InChI is InChI=1S/C12H13Cl2N3O/c1-2-4-17-5-3-15-12(17)11(18)10-9(14)6-8(13)7-16-10/h3,5-7,11,18H,2,4H2,1H3. The number of imidazole rings is 1. The molecular formula is C12H13Cl2N3O. The van der Waals surface area contributed by atoms with Crippen LogP contribution in [0.2, 0.25) is 10.0 Å². The molecule has 0 saturated heterocycles. The second-order valence-electron chi connectivity index (χ2n) is 3.90. The van der Waals surface area contributed by atoms with Crippen LogP contribution < -0.4 is 0 Å². The van der Waals surface area contributed by atoms with E-state index in [1.54, 1.807) is 12.3 Å². The monoisotopic (exact) mass is 285 g/mol. The molecule has 1 unspecified atom stereocenters. The normalized spacial score (nSPS) is 12.7. The van der Waals surface area contributed by atoms with E-state index in [1.807, 2.05) is 10.8 Å². The Kier molecular flexibility index (Phi) is 4.22. The Hall–Kier alpha value is -1.10. The number of aliphatic hydroxyl groups is 1. The highest BCUT2D eigenvalue weighted by Crippen LogP contribution is 2.27. The van der Waals surface area contributed by atoms with Crippen molar-refractivity contribution in [1.29, 1.82) is 0 Å². The summed E-state index contributed by atoms with van der Waals surface area (Å²) in [5, 5.41) is 11.1. The van der Waals surface area contributed by atoms with Crippen LogP contribution in [-0.2, 0) is 6.54 Å². The van der Waals surface area contributed by atoms with E-state index in [0.29, 0.717) is 21.6 Å². The number of nitrogens with zero attached hydrogens (tertiary/aromatic N) is 3. The summed E-state index contributed by atoms with van der Waals surface area (Å²) in [7, 11) is 0. The van der Waals surface area contributed by atoms with Gasteiger partial charge >= 0.3 is 0 Å². The largest absolute Gasteiger partial charge is 0.379 e. The predicted molar refractivity (Wildman–Crippen MR) is 70.8 cm³/mol. The molecule has 6 heteroatoms. The maximum Gasteiger partial charge on any atom is 0.155 e. The molecule has 0 aliphatic rings. The summed E-state index contributed by atoms with van der Waals surface area (Å²) >= 11 is 11.8. The number of pyridine rings is 1. The first-order chi connectivity index (χ1) is 8.63. The Morgan fingerprint density at radius 3 is 2.83 bits per heavy atom. The number of aryl methyl sites for hydroxylation is 1. The first-order valence-corrected chi connectivity index (χ1v) is 6.39. The molecular weight excluding hydrogens is 273 g/mol. The van der Waals surface area contributed by atoms with Crippen molar-refractivity contribution in [2.75, 3.05) is 0 Å². The number of hydrogen-bond donors (Lipinski definition) is 1. The first-order valence-electron chi connectivity index (χ1n) is 5.63. The van der Waals surface area contributed by atoms with Gasteiger partial charge in [0.25, 0.3) is 0 Å². The fourth-order valence-corrected chi connectivity index (χ4v) is 2.23. The van der Waals surface area contributed by atoms with Crippen LogP contribution >= 0.6 is 23.2 Å². The van der Waals surface area contributed by atoms with Crippen molar-refractivity contribution in [3.05, 3.63) is 46.2 Å². The molecule has 0 aromatic carbocycles. The van der Waals surface area contributed by atoms with Crippen molar-refractivity contribution < 1.29 is 5.11 Å². The lowest BCUT2D eigenvalue weighted by molar-refractivity contribution is 0.199. The summed E-state index contributed by atoms with van der Waals surface area (Å²) in [5.74, 6) is 0.536. The number of aromatic nitrogens is 3. The summed E-state index contributed by atoms with van der Waals surface area (Å²) < 4.78 is 1.89. The zero-order valence-electron chi connectivity index (χ0n) is 9.85. The summed E-state index contributed by atoms with van der Waals surface area (Å²) in [4.78, 5) is 8.22. The van der Waals surface area contributed by atoms with Gasteiger partial charge in [-0.3, -0.25) is 4.98 Å². The molecule has 0 saturated carbocycles. The fourth-order valence-electron chi connectivity index (χ4n) is 1.75. The van der Waals surface area contributed by atoms with Crippen molar-refractivity contribution in [3.63, 3.8) is 0 Å². The summed E-state index contributed by atoms with van der Waals surface area (Å²) in [5.41, 5.74) is 0.365. The topological polar surface area (TPSA) is 50.9 Å². The van der Waals surface area contributed by atoms with E-state index >= 15 is 0 Å². The highest BCUT2D eigenvalue weighted by Gasteiger charge is 2.20. The van der Waals surface area contributed by atoms with Crippen molar-refractivity contribution in [2.24, 2.45) is 0 Å². The van der Waals surface area contributed by atoms with Crippen LogP contribution in [0.15, 0.2) is 24.7 Å². The van der Waals surface area contributed by atoms with E-state index in [9.17, 15) is 5.11 Å². The SMILES string of the molecule is CCCn1ccnc1C(O)c1ncc(Cl)cc1Cl. The summed E-state index contributed by atoms with van der Waals surface area (Å²) in [6.45, 7) is 2.85. The van der Waals surface area contributed by atoms with Gasteiger partial charge in [0.2, 0.25) is 0 Å². The van der Waals surface area contributed by atoms with Gasteiger partial charge in [0.05, 0.1) is 15.7 Å². The lowest BCUT2D eigenvalue weighted by atomic mass is 10.2. The summed E-state index contributed by atoms with van der Waals surface area (Å²) in [6, 6.07) is 1.56. The second kappa shape index (κ2) is 5.69. The number of rotatable bonds is 4. The maximum atomic E-state index is 10.3. The number of hydrogen-bond acceptors (Lipinski definition) is 3. The number of aliphatic hydroxyl groups excluding tert-OH is 1. The molecule has 2 aromatic heterocycles. The third kappa shape index (κ3) is 2.66. The molecule has 4 nitrogen and oxygen atoms in total. The third-order valence-electron chi connectivity index (χ3n) is 2.55. The fraction of sp³-hybridized carbons (Fsp3) is 0.333. The molecule has 0 spiro atoms. The van der Waals surface area contributed by atoms with Gasteiger partial charge in [-0.2, -0.15) is 0 Å². The Morgan fingerprint density at radius 2 is 2.17 bits per heavy atom. The highest BCUT2D eigenvalue weighted by molar-refractivity contribution is 6.34. The molecule has 0 aliphatic heterocycles. The molecule has 1 N–H and O–H groups in total. The molecule has 1 atom stereocenters. The van der Waals surface area contributed by atoms with Gasteiger partial charge < -0.3 is 9.67 Å². The average molecular weight is 286 g/mol. The molecule has 0 radical (unpaired) electrons. The Labute approximate surface area is 115 Å². The molecule has 18 heavy (non-hydrogen) atoms. The second-order valence-corrected chi connectivity index (χ2v) is 4.75. The summed E-state index contributed by atoms with van der Waals surface area (Å²) in [6.07, 6.45) is 4.94. The third-order valence-corrected chi connectivity index (χ3v) is 3.06. The van der Waals surface area contributed by atoms with Gasteiger partial charge in [-0.1, -0.05) is 30.1 Å². The van der Waals surface area contributed by atoms with E-state index in [1.165, 1.54) is 6.20 Å². The predicted octanol–water partition coefficient (Wildman–Crippen LogP) is 3.08. The van der Waals surface area contributed by atoms with Crippen LogP contribution in [0.25, 0.3) is 0 Å². The quantitative estimate of drug-likeness (QED) is 0.939. The van der Waals surface area contributed by atoms with Crippen LogP contribution in [0.3, 0.4) is 0 Å². The zero-order valence-corrected chi connectivity index (χ0v) is 11.4. The van der Waals surface area contributed by atoms with Crippen LogP contribution in [-0.4, -0.2) is 19.6 Å². The van der Waals surface area contributed by atoms with E-state index in [-0.39, 0.29) is 0 Å². The van der Waals surface area contributed by atoms with Crippen LogP contribution in [0.5, 0.6) is 0 Å².